The van der Waals surface area contributed by atoms with Crippen LogP contribution in [0.3, 0.4) is 0 Å². The molecule has 5 aromatic rings. The molecule has 34 heavy (non-hydrogen) atoms. The van der Waals surface area contributed by atoms with Gasteiger partial charge in [0.25, 0.3) is 0 Å². The first kappa shape index (κ1) is 21.5. The van der Waals surface area contributed by atoms with Crippen LogP contribution in [-0.4, -0.2) is 6.61 Å². The molecule has 170 valence electrons. The van der Waals surface area contributed by atoms with E-state index in [-0.39, 0.29) is 23.6 Å². The van der Waals surface area contributed by atoms with Crippen molar-refractivity contribution in [2.45, 2.75) is 13.5 Å². The van der Waals surface area contributed by atoms with E-state index in [2.05, 4.69) is 0 Å². The first-order valence-corrected chi connectivity index (χ1v) is 10.7. The second kappa shape index (κ2) is 8.86. The van der Waals surface area contributed by atoms with Gasteiger partial charge in [-0.25, -0.2) is 14.0 Å². The van der Waals surface area contributed by atoms with E-state index in [0.29, 0.717) is 45.6 Å². The summed E-state index contributed by atoms with van der Waals surface area (Å²) in [5.41, 5.74) is 0.661. The zero-order chi connectivity index (χ0) is 23.7. The Bertz CT molecular complexity index is 1630. The topological polar surface area (TPSA) is 78.9 Å². The van der Waals surface area contributed by atoms with E-state index < -0.39 is 11.3 Å². The summed E-state index contributed by atoms with van der Waals surface area (Å²) < 4.78 is 35.6. The summed E-state index contributed by atoms with van der Waals surface area (Å²) in [6, 6.07) is 19.3. The summed E-state index contributed by atoms with van der Waals surface area (Å²) in [7, 11) is 0. The van der Waals surface area contributed by atoms with Gasteiger partial charge in [0.15, 0.2) is 11.3 Å². The lowest BCUT2D eigenvalue weighted by atomic mass is 10.0. The fourth-order valence-electron chi connectivity index (χ4n) is 3.82. The van der Waals surface area contributed by atoms with E-state index in [0.717, 1.165) is 0 Å². The Balaban J connectivity index is 1.56. The molecule has 2 heterocycles. The second-order valence-electron chi connectivity index (χ2n) is 7.61. The van der Waals surface area contributed by atoms with Crippen LogP contribution in [-0.2, 0) is 6.61 Å². The molecule has 0 radical (unpaired) electrons. The summed E-state index contributed by atoms with van der Waals surface area (Å²) >= 11 is 0. The highest BCUT2D eigenvalue weighted by Crippen LogP contribution is 2.32. The van der Waals surface area contributed by atoms with Gasteiger partial charge in [-0.2, -0.15) is 0 Å². The van der Waals surface area contributed by atoms with Crippen molar-refractivity contribution in [3.63, 3.8) is 0 Å². The standard InChI is InChI=1S/C27H19FO6/c1-2-31-23-8-4-6-17-12-22(27(30)34-26(17)23)21-14-25(29)33-24-13-19(9-10-20(21)24)32-15-16-5-3-7-18(28)11-16/h3-14H,2,15H2,1H3. The van der Waals surface area contributed by atoms with Crippen molar-refractivity contribution in [2.75, 3.05) is 6.61 Å². The monoisotopic (exact) mass is 458 g/mol. The maximum Gasteiger partial charge on any atom is 0.344 e. The first-order valence-electron chi connectivity index (χ1n) is 10.7. The average molecular weight is 458 g/mol. The molecule has 0 spiro atoms. The molecule has 0 bridgehead atoms. The van der Waals surface area contributed by atoms with Crippen molar-refractivity contribution in [1.29, 1.82) is 0 Å². The van der Waals surface area contributed by atoms with Gasteiger partial charge in [0.05, 0.1) is 12.2 Å². The van der Waals surface area contributed by atoms with E-state index in [4.69, 9.17) is 18.3 Å². The molecule has 2 aromatic heterocycles. The number of hydrogen-bond acceptors (Lipinski definition) is 6. The molecule has 0 saturated heterocycles. The molecule has 6 nitrogen and oxygen atoms in total. The first-order chi connectivity index (χ1) is 16.5. The molecular formula is C27H19FO6. The second-order valence-corrected chi connectivity index (χ2v) is 7.61. The number of ether oxygens (including phenoxy) is 2. The van der Waals surface area contributed by atoms with E-state index in [1.54, 1.807) is 54.6 Å². The third-order valence-electron chi connectivity index (χ3n) is 5.32. The fraction of sp³-hybridized carbons (Fsp3) is 0.111. The number of halogens is 1. The molecule has 0 amide bonds. The number of benzene rings is 3. The van der Waals surface area contributed by atoms with E-state index >= 15 is 0 Å². The molecule has 5 rings (SSSR count). The van der Waals surface area contributed by atoms with Gasteiger partial charge in [0.2, 0.25) is 0 Å². The van der Waals surface area contributed by atoms with Gasteiger partial charge in [-0.15, -0.1) is 0 Å². The molecule has 0 fully saturated rings. The Labute approximate surface area is 192 Å². The van der Waals surface area contributed by atoms with Crippen molar-refractivity contribution >= 4 is 21.9 Å². The van der Waals surface area contributed by atoms with Crippen LogP contribution in [0.5, 0.6) is 11.5 Å². The Morgan fingerprint density at radius 1 is 0.853 bits per heavy atom. The molecule has 7 heteroatoms. The van der Waals surface area contributed by atoms with Crippen molar-refractivity contribution in [2.24, 2.45) is 0 Å². The smallest absolute Gasteiger partial charge is 0.344 e. The summed E-state index contributed by atoms with van der Waals surface area (Å²) in [5.74, 6) is 0.558. The lowest BCUT2D eigenvalue weighted by molar-refractivity contribution is 0.305. The molecule has 3 aromatic carbocycles. The number of para-hydroxylation sites is 1. The maximum atomic E-state index is 13.4. The molecule has 0 atom stereocenters. The van der Waals surface area contributed by atoms with Crippen molar-refractivity contribution in [1.82, 2.24) is 0 Å². The van der Waals surface area contributed by atoms with E-state index in [9.17, 15) is 14.0 Å². The molecule has 0 unspecified atom stereocenters. The Morgan fingerprint density at radius 2 is 1.71 bits per heavy atom. The molecule has 0 saturated carbocycles. The summed E-state index contributed by atoms with van der Waals surface area (Å²) in [4.78, 5) is 25.2. The van der Waals surface area contributed by atoms with Gasteiger partial charge in [-0.3, -0.25) is 0 Å². The predicted octanol–water partition coefficient (Wildman–Crippen LogP) is 5.68. The summed E-state index contributed by atoms with van der Waals surface area (Å²) in [6.45, 7) is 2.42. The third-order valence-corrected chi connectivity index (χ3v) is 5.32. The quantitative estimate of drug-likeness (QED) is 0.305. The summed E-state index contributed by atoms with van der Waals surface area (Å²) in [5, 5.41) is 1.21. The van der Waals surface area contributed by atoms with Gasteiger partial charge in [-0.05, 0) is 48.9 Å². The van der Waals surface area contributed by atoms with Gasteiger partial charge < -0.3 is 18.3 Å². The van der Waals surface area contributed by atoms with E-state index in [1.165, 1.54) is 18.2 Å². The maximum absolute atomic E-state index is 13.4. The van der Waals surface area contributed by atoms with Crippen molar-refractivity contribution < 1.29 is 22.7 Å². The SMILES string of the molecule is CCOc1cccc2cc(-c3cc(=O)oc4cc(OCc5cccc(F)c5)ccc34)c(=O)oc12. The van der Waals surface area contributed by atoms with Crippen LogP contribution in [0, 0.1) is 5.82 Å². The minimum Gasteiger partial charge on any atom is -0.490 e. The van der Waals surface area contributed by atoms with Crippen molar-refractivity contribution in [3.05, 3.63) is 105 Å². The van der Waals surface area contributed by atoms with Gasteiger partial charge in [-0.1, -0.05) is 24.3 Å². The summed E-state index contributed by atoms with van der Waals surface area (Å²) in [6.07, 6.45) is 0. The largest absolute Gasteiger partial charge is 0.490 e. The Kier molecular flexibility index (Phi) is 5.59. The number of rotatable bonds is 6. The van der Waals surface area contributed by atoms with Crippen LogP contribution in [0.15, 0.2) is 91.2 Å². The highest BCUT2D eigenvalue weighted by atomic mass is 19.1. The molecule has 0 aliphatic rings. The van der Waals surface area contributed by atoms with Crippen LogP contribution in [0.1, 0.15) is 12.5 Å². The fourth-order valence-corrected chi connectivity index (χ4v) is 3.82. The molecule has 0 aliphatic heterocycles. The Morgan fingerprint density at radius 3 is 2.53 bits per heavy atom. The number of hydrogen-bond donors (Lipinski definition) is 0. The lowest BCUT2D eigenvalue weighted by Gasteiger charge is -2.10. The average Bonchev–Trinajstić information content (AvgIpc) is 2.82. The highest BCUT2D eigenvalue weighted by Gasteiger charge is 2.16. The molecular weight excluding hydrogens is 439 g/mol. The normalized spacial score (nSPS) is 11.1. The zero-order valence-corrected chi connectivity index (χ0v) is 18.2. The Hall–Kier alpha value is -4.39. The van der Waals surface area contributed by atoms with Gasteiger partial charge in [0.1, 0.15) is 23.8 Å². The van der Waals surface area contributed by atoms with E-state index in [1.807, 2.05) is 6.92 Å². The minimum atomic E-state index is -0.618. The number of fused-ring (bicyclic) bond motifs is 2. The van der Waals surface area contributed by atoms with Crippen LogP contribution >= 0.6 is 0 Å². The zero-order valence-electron chi connectivity index (χ0n) is 18.2. The van der Waals surface area contributed by atoms with Crippen molar-refractivity contribution in [3.8, 4) is 22.6 Å². The third kappa shape index (κ3) is 4.15. The van der Waals surface area contributed by atoms with Crippen LogP contribution < -0.4 is 20.7 Å². The predicted molar refractivity (Wildman–Crippen MR) is 126 cm³/mol. The lowest BCUT2D eigenvalue weighted by Crippen LogP contribution is -2.07. The highest BCUT2D eigenvalue weighted by molar-refractivity contribution is 5.96. The molecule has 0 aliphatic carbocycles. The van der Waals surface area contributed by atoms with Crippen LogP contribution in [0.4, 0.5) is 4.39 Å². The van der Waals surface area contributed by atoms with Crippen LogP contribution in [0.2, 0.25) is 0 Å². The minimum absolute atomic E-state index is 0.142. The van der Waals surface area contributed by atoms with Gasteiger partial charge >= 0.3 is 11.3 Å². The van der Waals surface area contributed by atoms with Gasteiger partial charge in [0, 0.05) is 28.5 Å². The van der Waals surface area contributed by atoms with Crippen LogP contribution in [0.25, 0.3) is 33.1 Å². The molecule has 0 N–H and O–H groups in total.